The average molecular weight is 340 g/mol. The highest BCUT2D eigenvalue weighted by molar-refractivity contribution is 9.10. The van der Waals surface area contributed by atoms with Gasteiger partial charge in [0.05, 0.1) is 5.56 Å². The molecule has 2 aromatic rings. The van der Waals surface area contributed by atoms with E-state index in [0.29, 0.717) is 11.4 Å². The van der Waals surface area contributed by atoms with Gasteiger partial charge in [0.1, 0.15) is 11.5 Å². The molecule has 0 spiro atoms. The summed E-state index contributed by atoms with van der Waals surface area (Å²) in [6.45, 7) is 0. The van der Waals surface area contributed by atoms with Crippen molar-refractivity contribution in [2.75, 3.05) is 5.32 Å². The Morgan fingerprint density at radius 3 is 2.60 bits per heavy atom. The van der Waals surface area contributed by atoms with Crippen LogP contribution >= 0.6 is 15.9 Å². The predicted molar refractivity (Wildman–Crippen MR) is 76.0 cm³/mol. The minimum absolute atomic E-state index is 0.268. The molecule has 1 aromatic heterocycles. The molecule has 2 amide bonds. The van der Waals surface area contributed by atoms with E-state index in [1.807, 2.05) is 0 Å². The second-order valence-corrected chi connectivity index (χ2v) is 5.08. The number of anilines is 1. The van der Waals surface area contributed by atoms with Crippen molar-refractivity contribution in [3.63, 3.8) is 0 Å². The molecule has 0 aliphatic heterocycles. The lowest BCUT2D eigenvalue weighted by molar-refractivity contribution is 0.0991. The van der Waals surface area contributed by atoms with Crippen LogP contribution in [0.4, 0.5) is 10.1 Å². The van der Waals surface area contributed by atoms with E-state index in [1.165, 1.54) is 12.1 Å². The fourth-order valence-electron chi connectivity index (χ4n) is 1.74. The Morgan fingerprint density at radius 1 is 1.35 bits per heavy atom. The molecule has 7 heteroatoms. The fraction of sp³-hybridized carbons (Fsp3) is 0.0769. The first-order chi connectivity index (χ1) is 9.38. The third-order valence-corrected chi connectivity index (χ3v) is 3.13. The van der Waals surface area contributed by atoms with Gasteiger partial charge in [-0.05, 0) is 40.2 Å². The molecule has 1 aromatic carbocycles. The Balaban J connectivity index is 2.26. The molecule has 0 unspecified atom stereocenters. The van der Waals surface area contributed by atoms with Crippen molar-refractivity contribution in [2.24, 2.45) is 12.8 Å². The van der Waals surface area contributed by atoms with Crippen molar-refractivity contribution in [3.8, 4) is 0 Å². The number of amides is 2. The Labute approximate surface area is 122 Å². The normalized spacial score (nSPS) is 10.3. The second-order valence-electron chi connectivity index (χ2n) is 4.17. The molecular formula is C13H11BrFN3O2. The Bertz CT molecular complexity index is 697. The largest absolute Gasteiger partial charge is 0.366 e. The minimum atomic E-state index is -0.889. The van der Waals surface area contributed by atoms with Crippen LogP contribution in [0.3, 0.4) is 0 Å². The number of nitrogens with one attached hydrogen (secondary N) is 1. The van der Waals surface area contributed by atoms with E-state index < -0.39 is 11.7 Å². The zero-order valence-electron chi connectivity index (χ0n) is 10.5. The van der Waals surface area contributed by atoms with Crippen LogP contribution in [0.25, 0.3) is 0 Å². The van der Waals surface area contributed by atoms with Crippen molar-refractivity contribution in [1.82, 2.24) is 4.57 Å². The summed E-state index contributed by atoms with van der Waals surface area (Å²) < 4.78 is 15.7. The molecule has 2 rings (SSSR count). The fourth-order valence-corrected chi connectivity index (χ4v) is 2.26. The summed E-state index contributed by atoms with van der Waals surface area (Å²) in [5.41, 5.74) is 5.50. The molecule has 0 atom stereocenters. The monoisotopic (exact) mass is 339 g/mol. The van der Waals surface area contributed by atoms with Gasteiger partial charge in [-0.1, -0.05) is 0 Å². The van der Waals surface area contributed by atoms with Crippen LogP contribution in [0.15, 0.2) is 34.9 Å². The number of nitrogens with zero attached hydrogens (tertiary/aromatic N) is 1. The van der Waals surface area contributed by atoms with E-state index in [9.17, 15) is 14.0 Å². The quantitative estimate of drug-likeness (QED) is 0.899. The summed E-state index contributed by atoms with van der Waals surface area (Å²) in [7, 11) is 1.72. The average Bonchev–Trinajstić information content (AvgIpc) is 2.70. The molecule has 5 nitrogen and oxygen atoms in total. The zero-order valence-corrected chi connectivity index (χ0v) is 12.1. The Morgan fingerprint density at radius 2 is 2.05 bits per heavy atom. The van der Waals surface area contributed by atoms with Crippen LogP contribution in [0.1, 0.15) is 20.8 Å². The van der Waals surface area contributed by atoms with E-state index in [0.717, 1.165) is 10.5 Å². The van der Waals surface area contributed by atoms with E-state index in [-0.39, 0.29) is 11.5 Å². The number of nitrogens with two attached hydrogens (primary N) is 1. The molecule has 0 aliphatic rings. The van der Waals surface area contributed by atoms with Crippen molar-refractivity contribution in [1.29, 1.82) is 0 Å². The predicted octanol–water partition coefficient (Wildman–Crippen LogP) is 2.28. The number of hydrogen-bond acceptors (Lipinski definition) is 2. The standard InChI is InChI=1S/C13H11BrFN3O2/c1-18-6-7(14)4-11(18)13(20)17-8-2-3-10(15)9(5-8)12(16)19/h2-6H,1H3,(H2,16,19)(H,17,20). The maximum absolute atomic E-state index is 13.3. The molecule has 104 valence electrons. The van der Waals surface area contributed by atoms with Crippen LogP contribution in [0.2, 0.25) is 0 Å². The van der Waals surface area contributed by atoms with Crippen LogP contribution in [-0.2, 0) is 7.05 Å². The topological polar surface area (TPSA) is 77.1 Å². The lowest BCUT2D eigenvalue weighted by Gasteiger charge is -2.07. The van der Waals surface area contributed by atoms with Crippen molar-refractivity contribution in [2.45, 2.75) is 0 Å². The first-order valence-corrected chi connectivity index (χ1v) is 6.40. The molecule has 0 bridgehead atoms. The Kier molecular flexibility index (Phi) is 3.89. The zero-order chi connectivity index (χ0) is 14.9. The molecule has 0 saturated carbocycles. The maximum Gasteiger partial charge on any atom is 0.272 e. The number of aromatic nitrogens is 1. The van der Waals surface area contributed by atoms with Gasteiger partial charge in [0, 0.05) is 23.4 Å². The summed E-state index contributed by atoms with van der Waals surface area (Å²) in [4.78, 5) is 23.1. The van der Waals surface area contributed by atoms with Gasteiger partial charge in [0.15, 0.2) is 0 Å². The lowest BCUT2D eigenvalue weighted by Crippen LogP contribution is -2.17. The summed E-state index contributed by atoms with van der Waals surface area (Å²) in [5.74, 6) is -1.99. The third kappa shape index (κ3) is 2.88. The number of carbonyl (C=O) groups excluding carboxylic acids is 2. The highest BCUT2D eigenvalue weighted by atomic mass is 79.9. The van der Waals surface area contributed by atoms with Gasteiger partial charge in [-0.2, -0.15) is 0 Å². The molecule has 0 saturated heterocycles. The number of carbonyl (C=O) groups is 2. The molecule has 0 fully saturated rings. The highest BCUT2D eigenvalue weighted by Gasteiger charge is 2.14. The van der Waals surface area contributed by atoms with Gasteiger partial charge < -0.3 is 15.6 Å². The van der Waals surface area contributed by atoms with Crippen molar-refractivity contribution >= 4 is 33.4 Å². The maximum atomic E-state index is 13.3. The number of primary amides is 1. The van der Waals surface area contributed by atoms with Gasteiger partial charge in [0.2, 0.25) is 0 Å². The van der Waals surface area contributed by atoms with Gasteiger partial charge in [-0.25, -0.2) is 4.39 Å². The molecule has 1 heterocycles. The number of hydrogen-bond donors (Lipinski definition) is 2. The highest BCUT2D eigenvalue weighted by Crippen LogP contribution is 2.18. The number of halogens is 2. The summed E-state index contributed by atoms with van der Waals surface area (Å²) in [5, 5.41) is 2.58. The molecular weight excluding hydrogens is 329 g/mol. The van der Waals surface area contributed by atoms with Gasteiger partial charge in [-0.15, -0.1) is 0 Å². The summed E-state index contributed by atoms with van der Waals surface area (Å²) >= 11 is 3.27. The van der Waals surface area contributed by atoms with Crippen LogP contribution in [0, 0.1) is 5.82 Å². The smallest absolute Gasteiger partial charge is 0.272 e. The van der Waals surface area contributed by atoms with Gasteiger partial charge in [0.25, 0.3) is 11.8 Å². The first kappa shape index (κ1) is 14.3. The SMILES string of the molecule is Cn1cc(Br)cc1C(=O)Nc1ccc(F)c(C(N)=O)c1. The minimum Gasteiger partial charge on any atom is -0.366 e. The molecule has 0 radical (unpaired) electrons. The number of rotatable bonds is 3. The molecule has 20 heavy (non-hydrogen) atoms. The van der Waals surface area contributed by atoms with Gasteiger partial charge in [-0.3, -0.25) is 9.59 Å². The van der Waals surface area contributed by atoms with Crippen LogP contribution < -0.4 is 11.1 Å². The van der Waals surface area contributed by atoms with Crippen LogP contribution in [0.5, 0.6) is 0 Å². The lowest BCUT2D eigenvalue weighted by atomic mass is 10.1. The van der Waals surface area contributed by atoms with E-state index in [1.54, 1.807) is 23.9 Å². The first-order valence-electron chi connectivity index (χ1n) is 5.61. The molecule has 0 aliphatic carbocycles. The van der Waals surface area contributed by atoms with Crippen molar-refractivity contribution < 1.29 is 14.0 Å². The van der Waals surface area contributed by atoms with E-state index in [4.69, 9.17) is 5.73 Å². The van der Waals surface area contributed by atoms with Crippen molar-refractivity contribution in [3.05, 3.63) is 52.0 Å². The van der Waals surface area contributed by atoms with Gasteiger partial charge >= 0.3 is 0 Å². The van der Waals surface area contributed by atoms with Crippen LogP contribution in [-0.4, -0.2) is 16.4 Å². The Hall–Kier alpha value is -2.15. The number of benzene rings is 1. The summed E-state index contributed by atoms with van der Waals surface area (Å²) in [6, 6.07) is 5.29. The van der Waals surface area contributed by atoms with E-state index >= 15 is 0 Å². The third-order valence-electron chi connectivity index (χ3n) is 2.69. The summed E-state index contributed by atoms with van der Waals surface area (Å²) in [6.07, 6.45) is 1.73. The number of aryl methyl sites for hydroxylation is 1. The molecule has 3 N–H and O–H groups in total. The second kappa shape index (κ2) is 5.46. The van der Waals surface area contributed by atoms with E-state index in [2.05, 4.69) is 21.2 Å².